The molecule has 1 aliphatic rings. The number of ether oxygens (including phenoxy) is 1. The van der Waals surface area contributed by atoms with E-state index in [1.165, 1.54) is 25.5 Å². The van der Waals surface area contributed by atoms with E-state index in [1.54, 1.807) is 6.92 Å². The summed E-state index contributed by atoms with van der Waals surface area (Å²) in [6.07, 6.45) is 4.48. The van der Waals surface area contributed by atoms with E-state index in [0.717, 1.165) is 31.7 Å². The van der Waals surface area contributed by atoms with Gasteiger partial charge in [0.05, 0.1) is 5.56 Å². The van der Waals surface area contributed by atoms with E-state index in [0.29, 0.717) is 5.56 Å². The smallest absolute Gasteiger partial charge is 0.339 e. The molecule has 1 amide bonds. The summed E-state index contributed by atoms with van der Waals surface area (Å²) in [6, 6.07) is 4.30. The number of carbonyl (C=O) groups excluding carboxylic acids is 2. The summed E-state index contributed by atoms with van der Waals surface area (Å²) in [6.45, 7) is 3.14. The summed E-state index contributed by atoms with van der Waals surface area (Å²) < 4.78 is 18.6. The first-order chi connectivity index (χ1) is 10.5. The molecule has 22 heavy (non-hydrogen) atoms. The number of aryl methyl sites for hydroxylation is 1. The quantitative estimate of drug-likeness (QED) is 0.870. The first-order valence-corrected chi connectivity index (χ1v) is 7.75. The van der Waals surface area contributed by atoms with Crippen molar-refractivity contribution in [1.82, 2.24) is 5.32 Å². The molecule has 0 radical (unpaired) electrons. The molecule has 1 fully saturated rings. The van der Waals surface area contributed by atoms with Crippen LogP contribution in [-0.4, -0.2) is 24.0 Å². The Morgan fingerprint density at radius 2 is 1.95 bits per heavy atom. The van der Waals surface area contributed by atoms with Crippen LogP contribution in [0.4, 0.5) is 4.39 Å². The summed E-state index contributed by atoms with van der Waals surface area (Å²) in [4.78, 5) is 24.0. The van der Waals surface area contributed by atoms with Gasteiger partial charge >= 0.3 is 5.97 Å². The predicted octanol–water partition coefficient (Wildman–Crippen LogP) is 3.13. The van der Waals surface area contributed by atoms with Crippen LogP contribution in [-0.2, 0) is 9.53 Å². The van der Waals surface area contributed by atoms with Crippen molar-refractivity contribution in [2.45, 2.75) is 58.1 Å². The number of hydrogen-bond donors (Lipinski definition) is 1. The maximum Gasteiger partial charge on any atom is 0.339 e. The van der Waals surface area contributed by atoms with E-state index in [9.17, 15) is 14.0 Å². The van der Waals surface area contributed by atoms with Gasteiger partial charge in [-0.15, -0.1) is 0 Å². The fourth-order valence-corrected chi connectivity index (χ4v) is 2.57. The Hall–Kier alpha value is -1.91. The molecule has 0 saturated heterocycles. The van der Waals surface area contributed by atoms with E-state index in [2.05, 4.69) is 5.32 Å². The summed E-state index contributed by atoms with van der Waals surface area (Å²) in [7, 11) is 0. The normalized spacial score (nSPS) is 16.9. The summed E-state index contributed by atoms with van der Waals surface area (Å²) >= 11 is 0. The monoisotopic (exact) mass is 307 g/mol. The van der Waals surface area contributed by atoms with Gasteiger partial charge in [0.15, 0.2) is 6.10 Å². The lowest BCUT2D eigenvalue weighted by Crippen LogP contribution is -2.42. The number of carbonyl (C=O) groups is 2. The molecule has 120 valence electrons. The third kappa shape index (κ3) is 4.29. The third-order valence-electron chi connectivity index (χ3n) is 4.01. The van der Waals surface area contributed by atoms with Crippen molar-refractivity contribution in [3.8, 4) is 0 Å². The molecule has 0 aromatic heterocycles. The van der Waals surface area contributed by atoms with E-state index in [-0.39, 0.29) is 17.5 Å². The van der Waals surface area contributed by atoms with Gasteiger partial charge in [0.2, 0.25) is 0 Å². The second-order valence-corrected chi connectivity index (χ2v) is 5.86. The van der Waals surface area contributed by atoms with Gasteiger partial charge in [0.25, 0.3) is 5.91 Å². The van der Waals surface area contributed by atoms with Gasteiger partial charge in [-0.1, -0.05) is 25.3 Å². The minimum absolute atomic E-state index is 0.111. The lowest BCUT2D eigenvalue weighted by atomic mass is 9.95. The van der Waals surface area contributed by atoms with E-state index < -0.39 is 17.9 Å². The number of amides is 1. The number of nitrogens with one attached hydrogen (secondary N) is 1. The maximum atomic E-state index is 13.5. The molecule has 0 aliphatic heterocycles. The zero-order valence-corrected chi connectivity index (χ0v) is 13.0. The molecule has 0 spiro atoms. The highest BCUT2D eigenvalue weighted by Crippen LogP contribution is 2.17. The molecule has 2 rings (SSSR count). The summed E-state index contributed by atoms with van der Waals surface area (Å²) in [5.74, 6) is -1.45. The largest absolute Gasteiger partial charge is 0.449 e. The summed E-state index contributed by atoms with van der Waals surface area (Å²) in [5.41, 5.74) is 0.569. The van der Waals surface area contributed by atoms with Crippen LogP contribution in [0.15, 0.2) is 18.2 Å². The molecule has 1 aromatic carbocycles. The van der Waals surface area contributed by atoms with E-state index >= 15 is 0 Å². The molecule has 5 heteroatoms. The summed E-state index contributed by atoms with van der Waals surface area (Å²) in [5, 5.41) is 2.91. The zero-order valence-electron chi connectivity index (χ0n) is 13.0. The van der Waals surface area contributed by atoms with Crippen LogP contribution in [0.2, 0.25) is 0 Å². The van der Waals surface area contributed by atoms with Gasteiger partial charge in [0, 0.05) is 6.04 Å². The fraction of sp³-hybridized carbons (Fsp3) is 0.529. The number of rotatable bonds is 4. The molecule has 1 aromatic rings. The molecule has 1 aliphatic carbocycles. The van der Waals surface area contributed by atoms with Crippen LogP contribution in [0.3, 0.4) is 0 Å². The van der Waals surface area contributed by atoms with Crippen LogP contribution < -0.4 is 5.32 Å². The first kappa shape index (κ1) is 16.5. The second-order valence-electron chi connectivity index (χ2n) is 5.86. The second kappa shape index (κ2) is 7.38. The predicted molar refractivity (Wildman–Crippen MR) is 81.0 cm³/mol. The standard InChI is InChI=1S/C17H22FNO3/c1-11-8-9-13(10-15(11)18)17(21)22-12(2)16(20)19-14-6-4-3-5-7-14/h8-10,12,14H,3-7H2,1-2H3,(H,19,20)/t12-/m0/s1. The lowest BCUT2D eigenvalue weighted by molar-refractivity contribution is -0.130. The maximum absolute atomic E-state index is 13.5. The van der Waals surface area contributed by atoms with Crippen molar-refractivity contribution in [3.05, 3.63) is 35.1 Å². The average molecular weight is 307 g/mol. The van der Waals surface area contributed by atoms with Gasteiger partial charge < -0.3 is 10.1 Å². The van der Waals surface area contributed by atoms with E-state index in [4.69, 9.17) is 4.74 Å². The minimum atomic E-state index is -0.890. The van der Waals surface area contributed by atoms with Gasteiger partial charge in [0.1, 0.15) is 5.82 Å². The van der Waals surface area contributed by atoms with Gasteiger partial charge in [-0.05, 0) is 44.4 Å². The highest BCUT2D eigenvalue weighted by molar-refractivity contribution is 5.92. The Morgan fingerprint density at radius 3 is 2.59 bits per heavy atom. The van der Waals surface area contributed by atoms with Crippen molar-refractivity contribution in [2.24, 2.45) is 0 Å². The van der Waals surface area contributed by atoms with E-state index in [1.807, 2.05) is 0 Å². The molecule has 0 bridgehead atoms. The highest BCUT2D eigenvalue weighted by Gasteiger charge is 2.23. The molecule has 1 N–H and O–H groups in total. The molecule has 4 nitrogen and oxygen atoms in total. The van der Waals surface area contributed by atoms with Crippen molar-refractivity contribution in [1.29, 1.82) is 0 Å². The van der Waals surface area contributed by atoms with Crippen LogP contribution in [0, 0.1) is 12.7 Å². The van der Waals surface area contributed by atoms with Gasteiger partial charge in [-0.2, -0.15) is 0 Å². The first-order valence-electron chi connectivity index (χ1n) is 7.75. The third-order valence-corrected chi connectivity index (χ3v) is 4.01. The van der Waals surface area contributed by atoms with Gasteiger partial charge in [-0.3, -0.25) is 4.79 Å². The minimum Gasteiger partial charge on any atom is -0.449 e. The Bertz CT molecular complexity index is 553. The number of benzene rings is 1. The number of hydrogen-bond acceptors (Lipinski definition) is 3. The Labute approximate surface area is 130 Å². The zero-order chi connectivity index (χ0) is 16.1. The fourth-order valence-electron chi connectivity index (χ4n) is 2.57. The molecule has 0 unspecified atom stereocenters. The van der Waals surface area contributed by atoms with Crippen LogP contribution in [0.1, 0.15) is 54.9 Å². The van der Waals surface area contributed by atoms with Crippen LogP contribution in [0.5, 0.6) is 0 Å². The highest BCUT2D eigenvalue weighted by atomic mass is 19.1. The van der Waals surface area contributed by atoms with Gasteiger partial charge in [-0.25, -0.2) is 9.18 Å². The average Bonchev–Trinajstić information content (AvgIpc) is 2.50. The molecular weight excluding hydrogens is 285 g/mol. The topological polar surface area (TPSA) is 55.4 Å². The Morgan fingerprint density at radius 1 is 1.27 bits per heavy atom. The molecule has 0 heterocycles. The molecular formula is C17H22FNO3. The SMILES string of the molecule is Cc1ccc(C(=O)O[C@@H](C)C(=O)NC2CCCCC2)cc1F. The Balaban J connectivity index is 1.89. The number of esters is 1. The number of halogens is 1. The van der Waals surface area contributed by atoms with Crippen LogP contribution >= 0.6 is 0 Å². The molecule has 1 saturated carbocycles. The van der Waals surface area contributed by atoms with Crippen molar-refractivity contribution in [3.63, 3.8) is 0 Å². The molecule has 1 atom stereocenters. The van der Waals surface area contributed by atoms with Crippen molar-refractivity contribution < 1.29 is 18.7 Å². The van der Waals surface area contributed by atoms with Crippen LogP contribution in [0.25, 0.3) is 0 Å². The van der Waals surface area contributed by atoms with Crippen molar-refractivity contribution in [2.75, 3.05) is 0 Å². The Kier molecular flexibility index (Phi) is 5.52. The lowest BCUT2D eigenvalue weighted by Gasteiger charge is -2.24. The van der Waals surface area contributed by atoms with Crippen molar-refractivity contribution >= 4 is 11.9 Å².